The number of furan rings is 2. The summed E-state index contributed by atoms with van der Waals surface area (Å²) >= 11 is 11.5. The van der Waals surface area contributed by atoms with E-state index in [2.05, 4.69) is 16.0 Å². The van der Waals surface area contributed by atoms with Crippen LogP contribution in [0.1, 0.15) is 26.7 Å². The third kappa shape index (κ3) is 5.71. The quantitative estimate of drug-likeness (QED) is 0.278. The Morgan fingerprint density at radius 2 is 1.80 bits per heavy atom. The Labute approximate surface area is 211 Å². The number of aryl methyl sites for hydroxylation is 1. The second-order valence-electron chi connectivity index (χ2n) is 7.38. The molecule has 0 bridgehead atoms. The zero-order chi connectivity index (χ0) is 24.9. The van der Waals surface area contributed by atoms with Crippen LogP contribution in [0.2, 0.25) is 5.02 Å². The first kappa shape index (κ1) is 24.1. The fraction of sp³-hybridized carbons (Fsp3) is 0.0800. The molecule has 0 saturated heterocycles. The molecule has 2 heterocycles. The highest BCUT2D eigenvalue weighted by molar-refractivity contribution is 7.80. The number of nitrogens with one attached hydrogen (secondary N) is 3. The lowest BCUT2D eigenvalue weighted by molar-refractivity contribution is 0.0950. The molecule has 10 heteroatoms. The molecule has 0 radical (unpaired) electrons. The molecule has 8 nitrogen and oxygen atoms in total. The van der Waals surface area contributed by atoms with E-state index >= 15 is 0 Å². The fourth-order valence-corrected chi connectivity index (χ4v) is 3.55. The summed E-state index contributed by atoms with van der Waals surface area (Å²) in [5, 5.41) is 8.81. The van der Waals surface area contributed by atoms with Gasteiger partial charge in [-0.3, -0.25) is 14.9 Å². The number of benzene rings is 2. The minimum atomic E-state index is -0.534. The highest BCUT2D eigenvalue weighted by Crippen LogP contribution is 2.29. The number of thiocarbonyl (C=S) groups is 1. The minimum Gasteiger partial charge on any atom is -0.495 e. The van der Waals surface area contributed by atoms with Crippen LogP contribution < -0.4 is 20.7 Å². The van der Waals surface area contributed by atoms with E-state index in [0.29, 0.717) is 27.9 Å². The van der Waals surface area contributed by atoms with Crippen molar-refractivity contribution in [3.8, 4) is 17.1 Å². The highest BCUT2D eigenvalue weighted by Gasteiger charge is 2.16. The fourth-order valence-electron chi connectivity index (χ4n) is 3.16. The van der Waals surface area contributed by atoms with Crippen LogP contribution in [-0.4, -0.2) is 24.0 Å². The molecule has 2 amide bonds. The van der Waals surface area contributed by atoms with Gasteiger partial charge in [0, 0.05) is 16.3 Å². The van der Waals surface area contributed by atoms with Crippen LogP contribution in [0.3, 0.4) is 0 Å². The zero-order valence-electron chi connectivity index (χ0n) is 18.7. The van der Waals surface area contributed by atoms with Crippen LogP contribution in [0.15, 0.2) is 75.8 Å². The molecule has 0 fully saturated rings. The van der Waals surface area contributed by atoms with E-state index in [4.69, 9.17) is 37.4 Å². The predicted octanol–water partition coefficient (Wildman–Crippen LogP) is 5.89. The van der Waals surface area contributed by atoms with Gasteiger partial charge in [-0.1, -0.05) is 23.7 Å². The SMILES string of the molecule is COc1ccc(NC(=O)c2ccco2)cc1NC(=S)NC(=O)c1ccc(-c2ccc(C)c(Cl)c2)o1. The molecule has 0 unspecified atom stereocenters. The number of hydrogen-bond donors (Lipinski definition) is 3. The molecule has 0 spiro atoms. The normalized spacial score (nSPS) is 10.5. The van der Waals surface area contributed by atoms with Crippen LogP contribution in [0.5, 0.6) is 5.75 Å². The average Bonchev–Trinajstić information content (AvgIpc) is 3.54. The van der Waals surface area contributed by atoms with Gasteiger partial charge in [-0.2, -0.15) is 0 Å². The summed E-state index contributed by atoms with van der Waals surface area (Å²) in [5.74, 6) is 0.251. The number of ether oxygens (including phenoxy) is 1. The van der Waals surface area contributed by atoms with Gasteiger partial charge < -0.3 is 24.2 Å². The van der Waals surface area contributed by atoms with Gasteiger partial charge in [0.05, 0.1) is 19.1 Å². The molecule has 2 aromatic heterocycles. The summed E-state index contributed by atoms with van der Waals surface area (Å²) in [6, 6.07) is 16.8. The maximum Gasteiger partial charge on any atom is 0.293 e. The Bertz CT molecular complexity index is 1400. The van der Waals surface area contributed by atoms with Gasteiger partial charge in [0.25, 0.3) is 11.8 Å². The summed E-state index contributed by atoms with van der Waals surface area (Å²) in [4.78, 5) is 24.9. The van der Waals surface area contributed by atoms with E-state index in [1.165, 1.54) is 13.4 Å². The van der Waals surface area contributed by atoms with E-state index in [0.717, 1.165) is 11.1 Å². The van der Waals surface area contributed by atoms with Gasteiger partial charge in [0.2, 0.25) is 0 Å². The number of amides is 2. The van der Waals surface area contributed by atoms with Gasteiger partial charge in [-0.25, -0.2) is 0 Å². The van der Waals surface area contributed by atoms with Crippen molar-refractivity contribution in [3.63, 3.8) is 0 Å². The van der Waals surface area contributed by atoms with Crippen molar-refractivity contribution in [2.24, 2.45) is 0 Å². The summed E-state index contributed by atoms with van der Waals surface area (Å²) < 4.78 is 16.1. The van der Waals surface area contributed by atoms with E-state index in [9.17, 15) is 9.59 Å². The first-order valence-electron chi connectivity index (χ1n) is 10.4. The summed E-state index contributed by atoms with van der Waals surface area (Å²) in [7, 11) is 1.49. The van der Waals surface area contributed by atoms with Crippen molar-refractivity contribution in [2.75, 3.05) is 17.7 Å². The molecule has 178 valence electrons. The van der Waals surface area contributed by atoms with Gasteiger partial charge in [-0.05, 0) is 73.2 Å². The van der Waals surface area contributed by atoms with Crippen molar-refractivity contribution in [2.45, 2.75) is 6.92 Å². The zero-order valence-corrected chi connectivity index (χ0v) is 20.3. The molecule has 0 aliphatic rings. The third-order valence-electron chi connectivity index (χ3n) is 4.96. The predicted molar refractivity (Wildman–Crippen MR) is 137 cm³/mol. The van der Waals surface area contributed by atoms with Gasteiger partial charge in [-0.15, -0.1) is 0 Å². The average molecular weight is 510 g/mol. The highest BCUT2D eigenvalue weighted by atomic mass is 35.5. The number of carbonyl (C=O) groups excluding carboxylic acids is 2. The number of halogens is 1. The van der Waals surface area contributed by atoms with Crippen LogP contribution in [0.25, 0.3) is 11.3 Å². The minimum absolute atomic E-state index is 0.0131. The number of methoxy groups -OCH3 is 1. The van der Waals surface area contributed by atoms with Crippen LogP contribution in [0.4, 0.5) is 11.4 Å². The number of hydrogen-bond acceptors (Lipinski definition) is 6. The second kappa shape index (κ2) is 10.5. The molecule has 0 atom stereocenters. The van der Waals surface area contributed by atoms with E-state index in [1.807, 2.05) is 19.1 Å². The number of carbonyl (C=O) groups is 2. The van der Waals surface area contributed by atoms with Crippen molar-refractivity contribution < 1.29 is 23.2 Å². The lowest BCUT2D eigenvalue weighted by Crippen LogP contribution is -2.34. The summed E-state index contributed by atoms with van der Waals surface area (Å²) in [6.45, 7) is 1.90. The Morgan fingerprint density at radius 3 is 2.51 bits per heavy atom. The maximum atomic E-state index is 12.7. The van der Waals surface area contributed by atoms with Crippen molar-refractivity contribution >= 4 is 52.1 Å². The van der Waals surface area contributed by atoms with Gasteiger partial charge in [0.15, 0.2) is 16.6 Å². The van der Waals surface area contributed by atoms with E-state index in [1.54, 1.807) is 48.5 Å². The van der Waals surface area contributed by atoms with E-state index < -0.39 is 11.8 Å². The lowest BCUT2D eigenvalue weighted by atomic mass is 10.1. The summed E-state index contributed by atoms with van der Waals surface area (Å²) in [6.07, 6.45) is 1.41. The molecule has 0 saturated carbocycles. The van der Waals surface area contributed by atoms with Gasteiger partial charge >= 0.3 is 0 Å². The molecule has 35 heavy (non-hydrogen) atoms. The summed E-state index contributed by atoms with van der Waals surface area (Å²) in [5.41, 5.74) is 2.59. The first-order chi connectivity index (χ1) is 16.8. The Hall–Kier alpha value is -4.08. The van der Waals surface area contributed by atoms with Crippen molar-refractivity contribution in [1.82, 2.24) is 5.32 Å². The molecule has 0 aliphatic heterocycles. The largest absolute Gasteiger partial charge is 0.495 e. The van der Waals surface area contributed by atoms with Gasteiger partial charge in [0.1, 0.15) is 11.5 Å². The van der Waals surface area contributed by atoms with Crippen molar-refractivity contribution in [3.05, 3.63) is 89.0 Å². The molecule has 4 rings (SSSR count). The lowest BCUT2D eigenvalue weighted by Gasteiger charge is -2.14. The molecule has 3 N–H and O–H groups in total. The first-order valence-corrected chi connectivity index (χ1v) is 11.1. The standard InChI is InChI=1S/C25H20ClN3O5S/c1-14-5-6-15(12-17(14)26)19-9-10-22(34-19)24(31)29-25(35)28-18-13-16(7-8-20(18)32-2)27-23(30)21-4-3-11-33-21/h3-13H,1-2H3,(H,27,30)(H2,28,29,31,35). The monoisotopic (exact) mass is 509 g/mol. The van der Waals surface area contributed by atoms with Crippen LogP contribution in [0, 0.1) is 6.92 Å². The number of rotatable bonds is 6. The maximum absolute atomic E-state index is 12.7. The Kier molecular flexibility index (Phi) is 7.19. The Morgan fingerprint density at radius 1 is 0.971 bits per heavy atom. The smallest absolute Gasteiger partial charge is 0.293 e. The molecule has 4 aromatic rings. The topological polar surface area (TPSA) is 106 Å². The molecule has 2 aromatic carbocycles. The van der Waals surface area contributed by atoms with Crippen molar-refractivity contribution in [1.29, 1.82) is 0 Å². The van der Waals surface area contributed by atoms with Crippen LogP contribution in [-0.2, 0) is 0 Å². The molecule has 0 aliphatic carbocycles. The molecular weight excluding hydrogens is 490 g/mol. The van der Waals surface area contributed by atoms with E-state index in [-0.39, 0.29) is 16.6 Å². The Balaban J connectivity index is 1.43. The third-order valence-corrected chi connectivity index (χ3v) is 5.58. The second-order valence-corrected chi connectivity index (χ2v) is 8.20. The molecular formula is C25H20ClN3O5S. The number of anilines is 2. The van der Waals surface area contributed by atoms with Crippen LogP contribution >= 0.6 is 23.8 Å².